The zero-order valence-electron chi connectivity index (χ0n) is 19.0. The minimum atomic E-state index is -0.962. The number of nitrogens with two attached hydrogens (primary N) is 1. The predicted molar refractivity (Wildman–Crippen MR) is 129 cm³/mol. The van der Waals surface area contributed by atoms with Crippen LogP contribution in [0.3, 0.4) is 0 Å². The molecular weight excluding hydrogens is 416 g/mol. The van der Waals surface area contributed by atoms with Gasteiger partial charge in [-0.05, 0) is 61.2 Å². The Morgan fingerprint density at radius 2 is 1.88 bits per heavy atom. The molecule has 0 saturated heterocycles. The highest BCUT2D eigenvalue weighted by atomic mass is 16.4. The van der Waals surface area contributed by atoms with Gasteiger partial charge in [0.15, 0.2) is 0 Å². The van der Waals surface area contributed by atoms with Gasteiger partial charge in [0, 0.05) is 31.3 Å². The molecule has 0 saturated carbocycles. The third-order valence-electron chi connectivity index (χ3n) is 5.66. The zero-order valence-corrected chi connectivity index (χ0v) is 19.0. The number of hydrogen-bond donors (Lipinski definition) is 3. The highest BCUT2D eigenvalue weighted by molar-refractivity contribution is 5.73. The van der Waals surface area contributed by atoms with E-state index in [0.29, 0.717) is 13.0 Å². The monoisotopic (exact) mass is 448 g/mol. The fraction of sp³-hybridized carbons (Fsp3) is 0.346. The Balaban J connectivity index is 1.60. The topological polar surface area (TPSA) is 113 Å². The second-order valence-corrected chi connectivity index (χ2v) is 8.18. The maximum atomic E-state index is 11.0. The van der Waals surface area contributed by atoms with E-state index in [0.717, 1.165) is 55.0 Å². The first-order valence-corrected chi connectivity index (χ1v) is 11.3. The third kappa shape index (κ3) is 7.66. The van der Waals surface area contributed by atoms with Crippen molar-refractivity contribution in [2.75, 3.05) is 13.1 Å². The molecule has 1 atom stereocenters. The molecule has 0 unspecified atom stereocenters. The van der Waals surface area contributed by atoms with Crippen LogP contribution in [0.5, 0.6) is 5.75 Å². The molecule has 174 valence electrons. The van der Waals surface area contributed by atoms with Crippen molar-refractivity contribution in [2.24, 2.45) is 5.73 Å². The normalized spacial score (nSPS) is 12.1. The van der Waals surface area contributed by atoms with Gasteiger partial charge in [-0.3, -0.25) is 9.69 Å². The van der Waals surface area contributed by atoms with Gasteiger partial charge in [0.05, 0.1) is 5.69 Å². The Kier molecular flexibility index (Phi) is 8.92. The van der Waals surface area contributed by atoms with Crippen LogP contribution in [0.25, 0.3) is 11.3 Å². The average molecular weight is 449 g/mol. The maximum absolute atomic E-state index is 11.0. The Morgan fingerprint density at radius 3 is 2.61 bits per heavy atom. The molecule has 0 spiro atoms. The van der Waals surface area contributed by atoms with Crippen molar-refractivity contribution < 1.29 is 15.0 Å². The van der Waals surface area contributed by atoms with E-state index < -0.39 is 12.0 Å². The van der Waals surface area contributed by atoms with E-state index in [1.165, 1.54) is 5.56 Å². The Bertz CT molecular complexity index is 1040. The maximum Gasteiger partial charge on any atom is 0.320 e. The summed E-state index contributed by atoms with van der Waals surface area (Å²) in [5.74, 6) is 0.133. The number of phenols is 1. The Morgan fingerprint density at radius 1 is 1.09 bits per heavy atom. The van der Waals surface area contributed by atoms with E-state index in [1.54, 1.807) is 18.3 Å². The molecule has 1 heterocycles. The molecule has 33 heavy (non-hydrogen) atoms. The summed E-state index contributed by atoms with van der Waals surface area (Å²) < 4.78 is 0. The van der Waals surface area contributed by atoms with Crippen molar-refractivity contribution in [3.8, 4) is 17.0 Å². The summed E-state index contributed by atoms with van der Waals surface area (Å²) in [5.41, 5.74) is 9.90. The lowest BCUT2D eigenvalue weighted by molar-refractivity contribution is -0.138. The van der Waals surface area contributed by atoms with E-state index in [-0.39, 0.29) is 5.75 Å². The van der Waals surface area contributed by atoms with Crippen LogP contribution >= 0.6 is 0 Å². The number of aryl methyl sites for hydroxylation is 2. The number of carboxylic acids is 1. The number of aromatic hydroxyl groups is 1. The molecule has 0 aliphatic carbocycles. The number of aliphatic carboxylic acids is 1. The van der Waals surface area contributed by atoms with Gasteiger partial charge in [0.2, 0.25) is 0 Å². The largest absolute Gasteiger partial charge is 0.508 e. The molecule has 1 aromatic heterocycles. The first-order valence-electron chi connectivity index (χ1n) is 11.3. The van der Waals surface area contributed by atoms with Crippen molar-refractivity contribution in [1.29, 1.82) is 0 Å². The van der Waals surface area contributed by atoms with Crippen LogP contribution in [0.2, 0.25) is 0 Å². The fourth-order valence-corrected chi connectivity index (χ4v) is 3.67. The van der Waals surface area contributed by atoms with Crippen molar-refractivity contribution >= 4 is 5.97 Å². The van der Waals surface area contributed by atoms with E-state index in [1.807, 2.05) is 30.3 Å². The molecule has 0 bridgehead atoms. The number of carbonyl (C=O) groups is 1. The first-order chi connectivity index (χ1) is 15.9. The summed E-state index contributed by atoms with van der Waals surface area (Å²) in [6.07, 6.45) is 4.83. The number of carboxylic acid groups (broad SMARTS) is 1. The molecule has 2 aromatic carbocycles. The van der Waals surface area contributed by atoms with Gasteiger partial charge in [-0.25, -0.2) is 9.97 Å². The molecule has 0 aliphatic rings. The second kappa shape index (κ2) is 12.1. The average Bonchev–Trinajstić information content (AvgIpc) is 2.83. The molecular formula is C26H32N4O3. The van der Waals surface area contributed by atoms with Crippen LogP contribution in [-0.2, 0) is 24.2 Å². The molecule has 3 aromatic rings. The summed E-state index contributed by atoms with van der Waals surface area (Å²) in [6, 6.07) is 16.6. The lowest BCUT2D eigenvalue weighted by Gasteiger charge is -2.21. The summed E-state index contributed by atoms with van der Waals surface area (Å²) in [6.45, 7) is 4.23. The molecule has 7 nitrogen and oxygen atoms in total. The summed E-state index contributed by atoms with van der Waals surface area (Å²) in [5, 5.41) is 18.4. The van der Waals surface area contributed by atoms with Gasteiger partial charge in [0.1, 0.15) is 17.6 Å². The summed E-state index contributed by atoms with van der Waals surface area (Å²) in [4.78, 5) is 22.4. The molecule has 0 amide bonds. The SMILES string of the molecule is CCN(CC[C@H](N)C(=O)O)Cc1cccc(-c2ccnc(CCCc3ccc(O)cc3)n2)c1. The number of rotatable bonds is 12. The molecule has 0 aliphatic heterocycles. The van der Waals surface area contributed by atoms with E-state index in [9.17, 15) is 9.90 Å². The molecule has 0 fully saturated rings. The predicted octanol–water partition coefficient (Wildman–Crippen LogP) is 3.65. The molecule has 4 N–H and O–H groups in total. The van der Waals surface area contributed by atoms with Gasteiger partial charge in [-0.2, -0.15) is 0 Å². The quantitative estimate of drug-likeness (QED) is 0.388. The minimum absolute atomic E-state index is 0.280. The zero-order chi connectivity index (χ0) is 23.6. The summed E-state index contributed by atoms with van der Waals surface area (Å²) in [7, 11) is 0. The van der Waals surface area contributed by atoms with Gasteiger partial charge < -0.3 is 15.9 Å². The Hall–Kier alpha value is -3.29. The molecule has 0 radical (unpaired) electrons. The fourth-order valence-electron chi connectivity index (χ4n) is 3.67. The van der Waals surface area contributed by atoms with Crippen LogP contribution < -0.4 is 5.73 Å². The van der Waals surface area contributed by atoms with Crippen LogP contribution in [0.1, 0.15) is 36.7 Å². The van der Waals surface area contributed by atoms with Crippen LogP contribution in [0.4, 0.5) is 0 Å². The van der Waals surface area contributed by atoms with Gasteiger partial charge >= 0.3 is 5.97 Å². The Labute approximate surface area is 194 Å². The molecule has 7 heteroatoms. The first kappa shape index (κ1) is 24.4. The van der Waals surface area contributed by atoms with Crippen molar-refractivity contribution in [1.82, 2.24) is 14.9 Å². The standard InChI is InChI=1S/C26H32N4O3/c1-2-30(16-14-23(27)26(32)33)18-20-6-3-7-21(17-20)24-13-15-28-25(29-24)8-4-5-19-9-11-22(31)12-10-19/h3,6-7,9-13,15,17,23,31H,2,4-5,8,14,16,18,27H2,1H3,(H,32,33)/t23-/m0/s1. The van der Waals surface area contributed by atoms with Gasteiger partial charge in [-0.1, -0.05) is 37.3 Å². The van der Waals surface area contributed by atoms with Crippen LogP contribution in [0, 0.1) is 0 Å². The third-order valence-corrected chi connectivity index (χ3v) is 5.66. The van der Waals surface area contributed by atoms with Gasteiger partial charge in [-0.15, -0.1) is 0 Å². The second-order valence-electron chi connectivity index (χ2n) is 8.18. The molecule has 3 rings (SSSR count). The van der Waals surface area contributed by atoms with Gasteiger partial charge in [0.25, 0.3) is 0 Å². The lowest BCUT2D eigenvalue weighted by atomic mass is 10.1. The van der Waals surface area contributed by atoms with E-state index in [4.69, 9.17) is 15.8 Å². The number of phenolic OH excluding ortho intramolecular Hbond substituents is 1. The highest BCUT2D eigenvalue weighted by Crippen LogP contribution is 2.20. The van der Waals surface area contributed by atoms with Crippen molar-refractivity contribution in [3.05, 3.63) is 77.7 Å². The number of aromatic nitrogens is 2. The number of nitrogens with zero attached hydrogens (tertiary/aromatic N) is 3. The number of benzene rings is 2. The van der Waals surface area contributed by atoms with Crippen LogP contribution in [0.15, 0.2) is 60.8 Å². The van der Waals surface area contributed by atoms with Crippen molar-refractivity contribution in [3.63, 3.8) is 0 Å². The van der Waals surface area contributed by atoms with E-state index in [2.05, 4.69) is 28.9 Å². The van der Waals surface area contributed by atoms with Crippen molar-refractivity contribution in [2.45, 2.75) is 45.2 Å². The van der Waals surface area contributed by atoms with Crippen LogP contribution in [-0.4, -0.2) is 50.2 Å². The number of hydrogen-bond acceptors (Lipinski definition) is 6. The smallest absolute Gasteiger partial charge is 0.320 e. The van der Waals surface area contributed by atoms with E-state index >= 15 is 0 Å². The lowest BCUT2D eigenvalue weighted by Crippen LogP contribution is -2.35. The minimum Gasteiger partial charge on any atom is -0.508 e. The summed E-state index contributed by atoms with van der Waals surface area (Å²) >= 11 is 0. The highest BCUT2D eigenvalue weighted by Gasteiger charge is 2.14.